The number of esters is 1. The lowest BCUT2D eigenvalue weighted by Gasteiger charge is -2.73. The first-order chi connectivity index (χ1) is 23.7. The minimum absolute atomic E-state index is 0.0445. The second-order valence-electron chi connectivity index (χ2n) is 21.3. The van der Waals surface area contributed by atoms with Crippen molar-refractivity contribution < 1.29 is 30.0 Å². The molecule has 5 N–H and O–H groups in total. The predicted octanol–water partition coefficient (Wildman–Crippen LogP) is 8.51. The fourth-order valence-corrected chi connectivity index (χ4v) is 14.7. The Morgan fingerprint density at radius 3 is 2.16 bits per heavy atom. The molecule has 7 nitrogen and oxygen atoms in total. The van der Waals surface area contributed by atoms with E-state index in [1.54, 1.807) is 0 Å². The molecule has 6 fully saturated rings. The number of aliphatic carboxylic acids is 1. The van der Waals surface area contributed by atoms with Crippen LogP contribution in [-0.2, 0) is 19.1 Å². The molecular weight excluding hydrogens is 636 g/mol. The number of ether oxygens (including phenoxy) is 1. The summed E-state index contributed by atoms with van der Waals surface area (Å²) in [6, 6.07) is 0.847. The SMILES string of the molecule is C=C(C)C1CCC2(CC(=O)NC3CCC([NH3+])CC3)CCC3(C)C(CCC4C5(C)CCC(OC(=O)CC(C)(C)CC(=O)O)C(C)(C)C5CCC43C)C12. The highest BCUT2D eigenvalue weighted by molar-refractivity contribution is 5.77. The second-order valence-corrected chi connectivity index (χ2v) is 21.3. The molecule has 0 bridgehead atoms. The van der Waals surface area contributed by atoms with Gasteiger partial charge < -0.3 is 20.9 Å². The molecule has 0 saturated heterocycles. The molecule has 0 aliphatic heterocycles. The highest BCUT2D eigenvalue weighted by atomic mass is 16.5. The number of carbonyl (C=O) groups is 3. The van der Waals surface area contributed by atoms with Crippen LogP contribution in [0.2, 0.25) is 0 Å². The molecule has 51 heavy (non-hydrogen) atoms. The van der Waals surface area contributed by atoms with E-state index < -0.39 is 11.4 Å². The van der Waals surface area contributed by atoms with Crippen molar-refractivity contribution in [2.24, 2.45) is 62.1 Å². The number of hydrogen-bond acceptors (Lipinski definition) is 4. The molecule has 6 rings (SSSR count). The van der Waals surface area contributed by atoms with Crippen LogP contribution in [0, 0.1) is 62.1 Å². The maximum atomic E-state index is 13.9. The Hall–Kier alpha value is -1.89. The van der Waals surface area contributed by atoms with Crippen LogP contribution in [0.4, 0.5) is 0 Å². The fraction of sp³-hybridized carbons (Fsp3) is 0.886. The van der Waals surface area contributed by atoms with Crippen LogP contribution in [0.25, 0.3) is 0 Å². The van der Waals surface area contributed by atoms with Crippen molar-refractivity contribution in [3.8, 4) is 0 Å². The van der Waals surface area contributed by atoms with Gasteiger partial charge in [0.15, 0.2) is 0 Å². The minimum atomic E-state index is -0.880. The summed E-state index contributed by atoms with van der Waals surface area (Å²) in [6.07, 6.45) is 16.4. The van der Waals surface area contributed by atoms with E-state index in [9.17, 15) is 19.5 Å². The van der Waals surface area contributed by atoms with Crippen molar-refractivity contribution in [1.82, 2.24) is 5.32 Å². The summed E-state index contributed by atoms with van der Waals surface area (Å²) in [4.78, 5) is 38.5. The summed E-state index contributed by atoms with van der Waals surface area (Å²) in [5.74, 6) is 1.85. The van der Waals surface area contributed by atoms with Gasteiger partial charge in [0.2, 0.25) is 5.91 Å². The molecule has 0 radical (unpaired) electrons. The predicted molar refractivity (Wildman–Crippen MR) is 201 cm³/mol. The Balaban J connectivity index is 1.21. The van der Waals surface area contributed by atoms with Crippen LogP contribution in [0.3, 0.4) is 0 Å². The van der Waals surface area contributed by atoms with E-state index in [1.165, 1.54) is 37.7 Å². The molecule has 0 aromatic rings. The van der Waals surface area contributed by atoms with Crippen LogP contribution in [0.5, 0.6) is 0 Å². The standard InChI is InChI=1S/C44H72N2O5/c1-27(2)30-16-21-44(24-35(47)46-29-12-10-28(45)11-13-29)23-22-42(8)31(38(30)44)14-15-33-41(7)19-18-34(40(5,6)32(41)17-20-43(33,42)9)51-37(50)26-39(3,4)25-36(48)49/h28-34,38H,1,10-26,45H2,2-9H3,(H,46,47)(H,48,49)/p+1. The highest BCUT2D eigenvalue weighted by Gasteiger charge is 2.71. The third-order valence-electron chi connectivity index (χ3n) is 17.4. The summed E-state index contributed by atoms with van der Waals surface area (Å²) < 4.78 is 6.29. The summed E-state index contributed by atoms with van der Waals surface area (Å²) in [5, 5.41) is 12.9. The van der Waals surface area contributed by atoms with Crippen molar-refractivity contribution in [2.45, 2.75) is 183 Å². The first kappa shape index (κ1) is 38.8. The number of hydrogen-bond donors (Lipinski definition) is 3. The molecule has 7 heteroatoms. The summed E-state index contributed by atoms with van der Waals surface area (Å²) in [5.41, 5.74) is 5.47. The summed E-state index contributed by atoms with van der Waals surface area (Å²) in [6.45, 7) is 23.1. The van der Waals surface area contributed by atoms with Gasteiger partial charge in [0, 0.05) is 30.7 Å². The number of carboxylic acids is 1. The normalized spacial score (nSPS) is 44.6. The maximum absolute atomic E-state index is 13.9. The van der Waals surface area contributed by atoms with Gasteiger partial charge >= 0.3 is 11.9 Å². The average Bonchev–Trinajstić information content (AvgIpc) is 3.38. The zero-order valence-corrected chi connectivity index (χ0v) is 33.6. The third-order valence-corrected chi connectivity index (χ3v) is 17.4. The number of quaternary nitrogens is 1. The van der Waals surface area contributed by atoms with Crippen molar-refractivity contribution in [3.63, 3.8) is 0 Å². The van der Waals surface area contributed by atoms with Gasteiger partial charge in [-0.2, -0.15) is 0 Å². The van der Waals surface area contributed by atoms with Crippen molar-refractivity contribution in [1.29, 1.82) is 0 Å². The Kier molecular flexibility index (Phi) is 10.2. The van der Waals surface area contributed by atoms with E-state index in [-0.39, 0.29) is 57.9 Å². The Morgan fingerprint density at radius 1 is 0.824 bits per heavy atom. The molecule has 0 spiro atoms. The van der Waals surface area contributed by atoms with Crippen LogP contribution in [-0.4, -0.2) is 41.1 Å². The number of carbonyl (C=O) groups excluding carboxylic acids is 2. The Morgan fingerprint density at radius 2 is 1.51 bits per heavy atom. The molecule has 0 aromatic heterocycles. The number of allylic oxidation sites excluding steroid dienone is 1. The monoisotopic (exact) mass is 710 g/mol. The molecule has 6 aliphatic carbocycles. The van der Waals surface area contributed by atoms with Crippen LogP contribution < -0.4 is 11.1 Å². The number of amides is 1. The fourth-order valence-electron chi connectivity index (χ4n) is 14.7. The quantitative estimate of drug-likeness (QED) is 0.164. The molecular formula is C44H73N2O5+. The Labute approximate surface area is 309 Å². The maximum Gasteiger partial charge on any atom is 0.306 e. The lowest BCUT2D eigenvalue weighted by atomic mass is 9.32. The van der Waals surface area contributed by atoms with Crippen molar-refractivity contribution in [2.75, 3.05) is 0 Å². The largest absolute Gasteiger partial charge is 0.481 e. The third kappa shape index (κ3) is 6.64. The molecule has 6 aliphatic rings. The molecule has 1 amide bonds. The van der Waals surface area contributed by atoms with Gasteiger partial charge in [0.05, 0.1) is 18.9 Å². The van der Waals surface area contributed by atoms with Crippen molar-refractivity contribution >= 4 is 17.8 Å². The zero-order valence-electron chi connectivity index (χ0n) is 33.6. The lowest BCUT2D eigenvalue weighted by Crippen LogP contribution is -2.67. The van der Waals surface area contributed by atoms with E-state index in [4.69, 9.17) is 4.74 Å². The van der Waals surface area contributed by atoms with Crippen molar-refractivity contribution in [3.05, 3.63) is 12.2 Å². The molecule has 10 unspecified atom stereocenters. The van der Waals surface area contributed by atoms with Gasteiger partial charge in [0.25, 0.3) is 0 Å². The van der Waals surface area contributed by atoms with Gasteiger partial charge in [-0.05, 0) is 141 Å². The number of nitrogens with one attached hydrogen (secondary N) is 1. The van der Waals surface area contributed by atoms with Gasteiger partial charge in [-0.25, -0.2) is 0 Å². The minimum Gasteiger partial charge on any atom is -0.481 e. The van der Waals surface area contributed by atoms with Crippen LogP contribution >= 0.6 is 0 Å². The Bertz CT molecular complexity index is 1380. The topological polar surface area (TPSA) is 120 Å². The highest BCUT2D eigenvalue weighted by Crippen LogP contribution is 2.78. The first-order valence-electron chi connectivity index (χ1n) is 20.9. The van der Waals surface area contributed by atoms with Gasteiger partial charge in [-0.3, -0.25) is 14.4 Å². The number of carboxylic acid groups (broad SMARTS) is 1. The lowest BCUT2D eigenvalue weighted by molar-refractivity contribution is -0.425. The smallest absolute Gasteiger partial charge is 0.306 e. The summed E-state index contributed by atoms with van der Waals surface area (Å²) >= 11 is 0. The average molecular weight is 710 g/mol. The molecule has 6 saturated carbocycles. The first-order valence-corrected chi connectivity index (χ1v) is 20.9. The van der Waals surface area contributed by atoms with E-state index in [1.807, 2.05) is 13.8 Å². The van der Waals surface area contributed by atoms with Gasteiger partial charge in [-0.1, -0.05) is 60.6 Å². The molecule has 0 heterocycles. The number of fused-ring (bicyclic) bond motifs is 7. The number of rotatable bonds is 9. The molecule has 288 valence electrons. The van der Waals surface area contributed by atoms with Crippen LogP contribution in [0.15, 0.2) is 12.2 Å². The molecule has 10 atom stereocenters. The van der Waals surface area contributed by atoms with Gasteiger partial charge in [-0.15, -0.1) is 0 Å². The summed E-state index contributed by atoms with van der Waals surface area (Å²) in [7, 11) is 0. The molecule has 0 aromatic carbocycles. The van der Waals surface area contributed by atoms with Crippen LogP contribution in [0.1, 0.15) is 165 Å². The van der Waals surface area contributed by atoms with E-state index in [0.717, 1.165) is 57.8 Å². The zero-order chi connectivity index (χ0) is 37.4. The van der Waals surface area contributed by atoms with E-state index in [0.29, 0.717) is 48.1 Å². The van der Waals surface area contributed by atoms with E-state index >= 15 is 0 Å². The van der Waals surface area contributed by atoms with E-state index in [2.05, 4.69) is 59.2 Å². The second kappa shape index (κ2) is 13.4. The van der Waals surface area contributed by atoms with Gasteiger partial charge in [0.1, 0.15) is 6.10 Å².